The number of carbonyl (C=O) groups excluding carboxylic acids is 2. The van der Waals surface area contributed by atoms with Crippen LogP contribution in [0.3, 0.4) is 0 Å². The number of fused-ring (bicyclic) bond motifs is 1. The minimum atomic E-state index is -0.212. The Labute approximate surface area is 146 Å². The summed E-state index contributed by atoms with van der Waals surface area (Å²) in [5, 5.41) is 0. The van der Waals surface area contributed by atoms with Gasteiger partial charge in [0.05, 0.1) is 17.5 Å². The largest absolute Gasteiger partial charge is 0.457 e. The number of rotatable bonds is 3. The van der Waals surface area contributed by atoms with Crippen LogP contribution in [0.1, 0.15) is 19.8 Å². The Morgan fingerprint density at radius 1 is 0.880 bits per heavy atom. The summed E-state index contributed by atoms with van der Waals surface area (Å²) in [5.74, 6) is 0.823. The van der Waals surface area contributed by atoms with Gasteiger partial charge < -0.3 is 4.74 Å². The van der Waals surface area contributed by atoms with Crippen LogP contribution in [0.4, 0.5) is 5.69 Å². The zero-order valence-corrected chi connectivity index (χ0v) is 14.0. The summed E-state index contributed by atoms with van der Waals surface area (Å²) in [5.41, 5.74) is 1.80. The standard InChI is InChI=1S/C21H19NO3/c1-14-7-12-18-19(13-14)21(24)22(20(18)23)15-8-10-17(11-9-15)25-16-5-3-2-4-6-16/h2-11,18-19H,12-13H2,1H3. The highest BCUT2D eigenvalue weighted by Gasteiger charge is 2.48. The number of benzene rings is 2. The molecule has 25 heavy (non-hydrogen) atoms. The van der Waals surface area contributed by atoms with Gasteiger partial charge in [0.1, 0.15) is 11.5 Å². The molecule has 1 aliphatic carbocycles. The van der Waals surface area contributed by atoms with Gasteiger partial charge in [-0.25, -0.2) is 0 Å². The molecular weight excluding hydrogens is 314 g/mol. The summed E-state index contributed by atoms with van der Waals surface area (Å²) in [7, 11) is 0. The van der Waals surface area contributed by atoms with Crippen molar-refractivity contribution in [2.24, 2.45) is 11.8 Å². The highest BCUT2D eigenvalue weighted by Crippen LogP contribution is 2.40. The SMILES string of the molecule is CC1=CCC2C(=O)N(c3ccc(Oc4ccccc4)cc3)C(=O)C2C1. The molecule has 1 aliphatic heterocycles. The summed E-state index contributed by atoms with van der Waals surface area (Å²) in [6, 6.07) is 16.6. The first kappa shape index (κ1) is 15.6. The fourth-order valence-electron chi connectivity index (χ4n) is 3.58. The van der Waals surface area contributed by atoms with Crippen molar-refractivity contribution < 1.29 is 14.3 Å². The van der Waals surface area contributed by atoms with E-state index >= 15 is 0 Å². The Balaban J connectivity index is 1.54. The summed E-state index contributed by atoms with van der Waals surface area (Å²) in [6.45, 7) is 2.02. The molecule has 0 N–H and O–H groups in total. The average Bonchev–Trinajstić information content (AvgIpc) is 2.87. The molecule has 1 fully saturated rings. The van der Waals surface area contributed by atoms with Crippen molar-refractivity contribution in [2.75, 3.05) is 4.90 Å². The fraction of sp³-hybridized carbons (Fsp3) is 0.238. The van der Waals surface area contributed by atoms with Gasteiger partial charge in [-0.3, -0.25) is 14.5 Å². The van der Waals surface area contributed by atoms with Crippen LogP contribution in [0.2, 0.25) is 0 Å². The van der Waals surface area contributed by atoms with Gasteiger partial charge in [0.15, 0.2) is 0 Å². The van der Waals surface area contributed by atoms with E-state index in [1.165, 1.54) is 10.5 Å². The number of hydrogen-bond acceptors (Lipinski definition) is 3. The maximum absolute atomic E-state index is 12.7. The van der Waals surface area contributed by atoms with Gasteiger partial charge in [-0.05, 0) is 56.2 Å². The van der Waals surface area contributed by atoms with Crippen LogP contribution >= 0.6 is 0 Å². The molecule has 2 unspecified atom stereocenters. The third-order valence-electron chi connectivity index (χ3n) is 4.90. The topological polar surface area (TPSA) is 46.6 Å². The molecule has 2 aromatic rings. The second-order valence-electron chi connectivity index (χ2n) is 6.62. The number of imide groups is 1. The number of allylic oxidation sites excluding steroid dienone is 2. The lowest BCUT2D eigenvalue weighted by Gasteiger charge is -2.18. The van der Waals surface area contributed by atoms with Gasteiger partial charge in [0.25, 0.3) is 0 Å². The van der Waals surface area contributed by atoms with E-state index in [9.17, 15) is 9.59 Å². The van der Waals surface area contributed by atoms with Crippen molar-refractivity contribution in [1.29, 1.82) is 0 Å². The summed E-state index contributed by atoms with van der Waals surface area (Å²) < 4.78 is 5.76. The van der Waals surface area contributed by atoms with E-state index in [0.717, 1.165) is 5.75 Å². The smallest absolute Gasteiger partial charge is 0.238 e. The first-order chi connectivity index (χ1) is 12.1. The molecule has 1 heterocycles. The molecule has 0 aromatic heterocycles. The van der Waals surface area contributed by atoms with Crippen molar-refractivity contribution >= 4 is 17.5 Å². The van der Waals surface area contributed by atoms with Gasteiger partial charge >= 0.3 is 0 Å². The lowest BCUT2D eigenvalue weighted by Crippen LogP contribution is -2.30. The molecule has 126 valence electrons. The zero-order chi connectivity index (χ0) is 17.4. The molecule has 2 amide bonds. The van der Waals surface area contributed by atoms with Crippen LogP contribution in [-0.4, -0.2) is 11.8 Å². The minimum absolute atomic E-state index is 0.0841. The van der Waals surface area contributed by atoms with E-state index in [0.29, 0.717) is 24.3 Å². The summed E-state index contributed by atoms with van der Waals surface area (Å²) in [4.78, 5) is 26.7. The van der Waals surface area contributed by atoms with Crippen LogP contribution in [0.25, 0.3) is 0 Å². The fourth-order valence-corrected chi connectivity index (χ4v) is 3.58. The Morgan fingerprint density at radius 2 is 1.52 bits per heavy atom. The first-order valence-electron chi connectivity index (χ1n) is 8.50. The maximum Gasteiger partial charge on any atom is 0.238 e. The van der Waals surface area contributed by atoms with Crippen molar-refractivity contribution in [3.63, 3.8) is 0 Å². The molecule has 0 spiro atoms. The Bertz CT molecular complexity index is 839. The summed E-state index contributed by atoms with van der Waals surface area (Å²) >= 11 is 0. The van der Waals surface area contributed by atoms with Crippen molar-refractivity contribution in [3.8, 4) is 11.5 Å². The molecule has 2 aromatic carbocycles. The molecule has 0 saturated carbocycles. The monoisotopic (exact) mass is 333 g/mol. The molecule has 1 saturated heterocycles. The molecule has 0 radical (unpaired) electrons. The third-order valence-corrected chi connectivity index (χ3v) is 4.90. The van der Waals surface area contributed by atoms with Gasteiger partial charge in [0.2, 0.25) is 11.8 Å². The number of anilines is 1. The Hall–Kier alpha value is -2.88. The average molecular weight is 333 g/mol. The quantitative estimate of drug-likeness (QED) is 0.620. The van der Waals surface area contributed by atoms with Gasteiger partial charge in [-0.1, -0.05) is 29.8 Å². The van der Waals surface area contributed by atoms with Crippen LogP contribution in [0, 0.1) is 11.8 Å². The molecule has 4 rings (SSSR count). The zero-order valence-electron chi connectivity index (χ0n) is 14.0. The van der Waals surface area contributed by atoms with Crippen molar-refractivity contribution in [3.05, 3.63) is 66.2 Å². The highest BCUT2D eigenvalue weighted by molar-refractivity contribution is 6.22. The normalized spacial score (nSPS) is 22.6. The number of ether oxygens (including phenoxy) is 1. The van der Waals surface area contributed by atoms with Crippen LogP contribution in [-0.2, 0) is 9.59 Å². The molecule has 4 heteroatoms. The van der Waals surface area contributed by atoms with E-state index in [2.05, 4.69) is 6.08 Å². The Morgan fingerprint density at radius 3 is 2.24 bits per heavy atom. The molecular formula is C21H19NO3. The summed E-state index contributed by atoms with van der Waals surface area (Å²) in [6.07, 6.45) is 3.42. The van der Waals surface area contributed by atoms with E-state index in [1.807, 2.05) is 37.3 Å². The number of amides is 2. The number of nitrogens with zero attached hydrogens (tertiary/aromatic N) is 1. The van der Waals surface area contributed by atoms with E-state index < -0.39 is 0 Å². The van der Waals surface area contributed by atoms with Gasteiger partial charge in [-0.15, -0.1) is 0 Å². The predicted molar refractivity (Wildman–Crippen MR) is 95.4 cm³/mol. The van der Waals surface area contributed by atoms with Crippen LogP contribution in [0.15, 0.2) is 66.2 Å². The lowest BCUT2D eigenvalue weighted by molar-refractivity contribution is -0.122. The molecule has 4 nitrogen and oxygen atoms in total. The van der Waals surface area contributed by atoms with Gasteiger partial charge in [-0.2, -0.15) is 0 Å². The molecule has 2 atom stereocenters. The lowest BCUT2D eigenvalue weighted by atomic mass is 9.82. The van der Waals surface area contributed by atoms with E-state index in [4.69, 9.17) is 4.74 Å². The van der Waals surface area contributed by atoms with Crippen LogP contribution < -0.4 is 9.64 Å². The molecule has 2 aliphatic rings. The number of carbonyl (C=O) groups is 2. The third kappa shape index (κ3) is 2.84. The second kappa shape index (κ2) is 6.20. The van der Waals surface area contributed by atoms with Crippen molar-refractivity contribution in [1.82, 2.24) is 0 Å². The van der Waals surface area contributed by atoms with Gasteiger partial charge in [0, 0.05) is 0 Å². The highest BCUT2D eigenvalue weighted by atomic mass is 16.5. The second-order valence-corrected chi connectivity index (χ2v) is 6.62. The van der Waals surface area contributed by atoms with Crippen LogP contribution in [0.5, 0.6) is 11.5 Å². The minimum Gasteiger partial charge on any atom is -0.457 e. The number of hydrogen-bond donors (Lipinski definition) is 0. The predicted octanol–water partition coefficient (Wildman–Crippen LogP) is 4.32. The Kier molecular flexibility index (Phi) is 3.88. The molecule has 0 bridgehead atoms. The van der Waals surface area contributed by atoms with E-state index in [1.54, 1.807) is 24.3 Å². The maximum atomic E-state index is 12.7. The number of para-hydroxylation sites is 1. The first-order valence-corrected chi connectivity index (χ1v) is 8.50. The van der Waals surface area contributed by atoms with Crippen molar-refractivity contribution in [2.45, 2.75) is 19.8 Å². The van der Waals surface area contributed by atoms with E-state index in [-0.39, 0.29) is 23.7 Å².